The summed E-state index contributed by atoms with van der Waals surface area (Å²) in [6, 6.07) is 11.1. The van der Waals surface area contributed by atoms with Crippen LogP contribution in [0.2, 0.25) is 5.02 Å². The third-order valence-electron chi connectivity index (χ3n) is 3.78. The molecule has 2 heterocycles. The number of thiophene rings is 1. The van der Waals surface area contributed by atoms with E-state index in [1.54, 1.807) is 6.20 Å². The first kappa shape index (κ1) is 19.5. The van der Waals surface area contributed by atoms with Gasteiger partial charge in [0.1, 0.15) is 0 Å². The van der Waals surface area contributed by atoms with Crippen molar-refractivity contribution < 1.29 is 9.59 Å². The lowest BCUT2D eigenvalue weighted by Gasteiger charge is -2.15. The first-order chi connectivity index (χ1) is 13.0. The van der Waals surface area contributed by atoms with Gasteiger partial charge in [-0.3, -0.25) is 9.59 Å². The van der Waals surface area contributed by atoms with Crippen LogP contribution in [0.4, 0.5) is 5.13 Å². The molecule has 2 amide bonds. The summed E-state index contributed by atoms with van der Waals surface area (Å²) in [5.74, 6) is -0.363. The van der Waals surface area contributed by atoms with Crippen LogP contribution in [0.15, 0.2) is 48.0 Å². The van der Waals surface area contributed by atoms with Gasteiger partial charge in [-0.15, -0.1) is 22.7 Å². The lowest BCUT2D eigenvalue weighted by molar-refractivity contribution is -0.120. The molecule has 0 aliphatic rings. The third-order valence-corrected chi connectivity index (χ3v) is 6.04. The molecule has 2 N–H and O–H groups in total. The number of nitrogens with one attached hydrogen (secondary N) is 2. The normalized spacial score (nSPS) is 11.8. The predicted molar refractivity (Wildman–Crippen MR) is 110 cm³/mol. The highest BCUT2D eigenvalue weighted by Crippen LogP contribution is 2.26. The van der Waals surface area contributed by atoms with E-state index in [2.05, 4.69) is 15.6 Å². The number of thiazole rings is 1. The molecule has 2 aromatic heterocycles. The Labute approximate surface area is 170 Å². The molecule has 1 aromatic carbocycles. The maximum absolute atomic E-state index is 12.4. The van der Waals surface area contributed by atoms with Crippen molar-refractivity contribution in [1.29, 1.82) is 0 Å². The van der Waals surface area contributed by atoms with Gasteiger partial charge in [0.2, 0.25) is 11.8 Å². The second-order valence-corrected chi connectivity index (χ2v) is 8.42. The van der Waals surface area contributed by atoms with E-state index in [0.717, 1.165) is 15.3 Å². The van der Waals surface area contributed by atoms with Gasteiger partial charge >= 0.3 is 0 Å². The molecule has 0 radical (unpaired) electrons. The average Bonchev–Trinajstić information content (AvgIpc) is 3.28. The molecule has 0 spiro atoms. The SMILES string of the molecule is CC(=O)NC(CC(=O)Nc1ncc(Cc2ccccc2Cl)s1)c1cccs1. The first-order valence-electron chi connectivity index (χ1n) is 8.29. The zero-order valence-corrected chi connectivity index (χ0v) is 17.0. The van der Waals surface area contributed by atoms with Crippen molar-refractivity contribution in [2.75, 3.05) is 5.32 Å². The summed E-state index contributed by atoms with van der Waals surface area (Å²) < 4.78 is 0. The second kappa shape index (κ2) is 9.12. The summed E-state index contributed by atoms with van der Waals surface area (Å²) in [4.78, 5) is 30.1. The fourth-order valence-corrected chi connectivity index (χ4v) is 4.42. The summed E-state index contributed by atoms with van der Waals surface area (Å²) in [6.07, 6.45) is 2.56. The van der Waals surface area contributed by atoms with E-state index < -0.39 is 0 Å². The van der Waals surface area contributed by atoms with Gasteiger partial charge in [-0.2, -0.15) is 0 Å². The number of nitrogens with zero attached hydrogens (tertiary/aromatic N) is 1. The van der Waals surface area contributed by atoms with Gasteiger partial charge in [-0.25, -0.2) is 4.98 Å². The van der Waals surface area contributed by atoms with E-state index in [1.807, 2.05) is 41.8 Å². The Hall–Kier alpha value is -2.22. The van der Waals surface area contributed by atoms with Gasteiger partial charge in [-0.1, -0.05) is 35.9 Å². The summed E-state index contributed by atoms with van der Waals surface area (Å²) in [6.45, 7) is 1.44. The zero-order valence-electron chi connectivity index (χ0n) is 14.6. The second-order valence-electron chi connectivity index (χ2n) is 5.92. The minimum atomic E-state index is -0.343. The summed E-state index contributed by atoms with van der Waals surface area (Å²) in [7, 11) is 0. The van der Waals surface area contributed by atoms with Crippen LogP contribution >= 0.6 is 34.3 Å². The van der Waals surface area contributed by atoms with Crippen LogP contribution in [0.3, 0.4) is 0 Å². The van der Waals surface area contributed by atoms with E-state index in [-0.39, 0.29) is 24.3 Å². The van der Waals surface area contributed by atoms with Crippen LogP contribution in [0.5, 0.6) is 0 Å². The van der Waals surface area contributed by atoms with Gasteiger partial charge in [-0.05, 0) is 23.1 Å². The van der Waals surface area contributed by atoms with E-state index in [9.17, 15) is 9.59 Å². The standard InChI is InChI=1S/C19H18ClN3O2S2/c1-12(24)22-16(17-7-4-8-26-17)10-18(25)23-19-21-11-14(27-19)9-13-5-2-3-6-15(13)20/h2-8,11,16H,9-10H2,1H3,(H,22,24)(H,21,23,25). The molecule has 0 fully saturated rings. The molecule has 5 nitrogen and oxygen atoms in total. The van der Waals surface area contributed by atoms with Crippen molar-refractivity contribution in [1.82, 2.24) is 10.3 Å². The zero-order chi connectivity index (χ0) is 19.2. The van der Waals surface area contributed by atoms with Crippen LogP contribution in [-0.2, 0) is 16.0 Å². The quantitative estimate of drug-likeness (QED) is 0.585. The van der Waals surface area contributed by atoms with Crippen molar-refractivity contribution in [3.63, 3.8) is 0 Å². The van der Waals surface area contributed by atoms with Crippen molar-refractivity contribution in [3.05, 3.63) is 68.3 Å². The van der Waals surface area contributed by atoms with E-state index in [4.69, 9.17) is 11.6 Å². The van der Waals surface area contributed by atoms with Gasteiger partial charge in [0.15, 0.2) is 5.13 Å². The number of benzene rings is 1. The van der Waals surface area contributed by atoms with E-state index in [0.29, 0.717) is 16.6 Å². The summed E-state index contributed by atoms with van der Waals surface area (Å²) in [5.41, 5.74) is 1.02. The number of aromatic nitrogens is 1. The van der Waals surface area contributed by atoms with E-state index >= 15 is 0 Å². The highest BCUT2D eigenvalue weighted by molar-refractivity contribution is 7.15. The molecule has 1 atom stereocenters. The lowest BCUT2D eigenvalue weighted by Crippen LogP contribution is -2.29. The number of rotatable bonds is 7. The summed E-state index contributed by atoms with van der Waals surface area (Å²) in [5, 5.41) is 8.81. The Morgan fingerprint density at radius 1 is 1.22 bits per heavy atom. The van der Waals surface area contributed by atoms with Crippen molar-refractivity contribution in [3.8, 4) is 0 Å². The number of hydrogen-bond donors (Lipinski definition) is 2. The Bertz CT molecular complexity index is 925. The topological polar surface area (TPSA) is 71.1 Å². The number of amides is 2. The molecular formula is C19H18ClN3O2S2. The van der Waals surface area contributed by atoms with Crippen LogP contribution in [0, 0.1) is 0 Å². The van der Waals surface area contributed by atoms with Gasteiger partial charge < -0.3 is 10.6 Å². The smallest absolute Gasteiger partial charge is 0.228 e. The Balaban J connectivity index is 1.61. The molecule has 3 aromatic rings. The molecule has 8 heteroatoms. The van der Waals surface area contributed by atoms with Crippen LogP contribution < -0.4 is 10.6 Å². The first-order valence-corrected chi connectivity index (χ1v) is 10.4. The molecular weight excluding hydrogens is 402 g/mol. The third kappa shape index (κ3) is 5.63. The van der Waals surface area contributed by atoms with Crippen LogP contribution in [-0.4, -0.2) is 16.8 Å². The van der Waals surface area contributed by atoms with Gasteiger partial charge in [0.05, 0.1) is 12.5 Å². The maximum atomic E-state index is 12.4. The minimum Gasteiger partial charge on any atom is -0.348 e. The number of anilines is 1. The minimum absolute atomic E-state index is 0.152. The molecule has 0 saturated heterocycles. The lowest BCUT2D eigenvalue weighted by atomic mass is 10.1. The molecule has 0 aliphatic heterocycles. The highest BCUT2D eigenvalue weighted by Gasteiger charge is 2.19. The van der Waals surface area contributed by atoms with Gasteiger partial charge in [0.25, 0.3) is 0 Å². The highest BCUT2D eigenvalue weighted by atomic mass is 35.5. The number of carbonyl (C=O) groups is 2. The molecule has 27 heavy (non-hydrogen) atoms. The monoisotopic (exact) mass is 419 g/mol. The average molecular weight is 420 g/mol. The summed E-state index contributed by atoms with van der Waals surface area (Å²) >= 11 is 9.12. The molecule has 0 aliphatic carbocycles. The van der Waals surface area contributed by atoms with Crippen molar-refractivity contribution in [2.24, 2.45) is 0 Å². The Morgan fingerprint density at radius 3 is 2.74 bits per heavy atom. The molecule has 0 saturated carbocycles. The van der Waals surface area contributed by atoms with Gasteiger partial charge in [0, 0.05) is 34.3 Å². The van der Waals surface area contributed by atoms with Crippen LogP contribution in [0.1, 0.15) is 34.7 Å². The van der Waals surface area contributed by atoms with Crippen LogP contribution in [0.25, 0.3) is 0 Å². The molecule has 1 unspecified atom stereocenters. The Morgan fingerprint density at radius 2 is 2.04 bits per heavy atom. The largest absolute Gasteiger partial charge is 0.348 e. The fourth-order valence-electron chi connectivity index (χ4n) is 2.59. The molecule has 3 rings (SSSR count). The predicted octanol–water partition coefficient (Wildman–Crippen LogP) is 4.65. The number of carbonyl (C=O) groups excluding carboxylic acids is 2. The van der Waals surface area contributed by atoms with Crippen molar-refractivity contribution >= 4 is 51.2 Å². The fraction of sp³-hybridized carbons (Fsp3) is 0.211. The Kier molecular flexibility index (Phi) is 6.60. The number of hydrogen-bond acceptors (Lipinski definition) is 5. The number of halogens is 1. The van der Waals surface area contributed by atoms with E-state index in [1.165, 1.54) is 29.6 Å². The molecule has 140 valence electrons. The maximum Gasteiger partial charge on any atom is 0.228 e. The molecule has 0 bridgehead atoms. The van der Waals surface area contributed by atoms with Crippen molar-refractivity contribution in [2.45, 2.75) is 25.8 Å².